The van der Waals surface area contributed by atoms with E-state index in [1.165, 1.54) is 83.5 Å². The molecule has 0 aliphatic heterocycles. The van der Waals surface area contributed by atoms with Crippen molar-refractivity contribution in [2.24, 2.45) is 0 Å². The number of hydrogen-bond donors (Lipinski definition) is 0. The number of likely N-dealkylation sites (N-methyl/N-ethyl adjacent to an activating group) is 1. The Morgan fingerprint density at radius 2 is 1.06 bits per heavy atom. The molecule has 52 heavy (non-hydrogen) atoms. The third-order valence-corrected chi connectivity index (χ3v) is 9.57. The first-order chi connectivity index (χ1) is 25.1. The number of ether oxygens (including phenoxy) is 3. The van der Waals surface area contributed by atoms with Crippen molar-refractivity contribution in [3.8, 4) is 0 Å². The second kappa shape index (κ2) is 35.8. The number of nitrogens with zero attached hydrogens (tertiary/aromatic N) is 1. The largest absolute Gasteiger partial charge is 0.544 e. The second-order valence-corrected chi connectivity index (χ2v) is 15.6. The average Bonchev–Trinajstić information content (AvgIpc) is 3.09. The molecule has 0 rings (SSSR count). The van der Waals surface area contributed by atoms with Crippen LogP contribution in [0.5, 0.6) is 0 Å². The van der Waals surface area contributed by atoms with Crippen molar-refractivity contribution >= 4 is 17.9 Å². The van der Waals surface area contributed by atoms with Gasteiger partial charge in [-0.15, -0.1) is 0 Å². The van der Waals surface area contributed by atoms with Crippen molar-refractivity contribution in [2.45, 2.75) is 199 Å². The van der Waals surface area contributed by atoms with Crippen LogP contribution in [0, 0.1) is 0 Å². The molecule has 0 fully saturated rings. The van der Waals surface area contributed by atoms with Crippen LogP contribution in [0.4, 0.5) is 0 Å². The Morgan fingerprint density at radius 3 is 1.56 bits per heavy atom. The van der Waals surface area contributed by atoms with Gasteiger partial charge >= 0.3 is 11.9 Å². The lowest BCUT2D eigenvalue weighted by atomic mass is 10.0. The Morgan fingerprint density at radius 1 is 0.577 bits per heavy atom. The van der Waals surface area contributed by atoms with E-state index in [1.54, 1.807) is 21.1 Å². The zero-order valence-corrected chi connectivity index (χ0v) is 34.5. The highest BCUT2D eigenvalue weighted by Gasteiger charge is 2.25. The molecule has 0 heterocycles. The number of esters is 2. The molecule has 0 aromatic carbocycles. The summed E-state index contributed by atoms with van der Waals surface area (Å²) >= 11 is 0. The minimum Gasteiger partial charge on any atom is -0.544 e. The topological polar surface area (TPSA) is 102 Å². The molecule has 0 aromatic rings. The lowest BCUT2D eigenvalue weighted by molar-refractivity contribution is -0.889. The van der Waals surface area contributed by atoms with Gasteiger partial charge in [0.1, 0.15) is 12.6 Å². The first-order valence-corrected chi connectivity index (χ1v) is 21.4. The number of carbonyl (C=O) groups excluding carboxylic acids is 3. The number of carboxylic acids is 1. The van der Waals surface area contributed by atoms with E-state index in [9.17, 15) is 19.5 Å². The van der Waals surface area contributed by atoms with Gasteiger partial charge in [0.2, 0.25) is 0 Å². The monoisotopic (exact) mass is 736 g/mol. The minimum absolute atomic E-state index is 0.0385. The van der Waals surface area contributed by atoms with E-state index < -0.39 is 18.1 Å². The highest BCUT2D eigenvalue weighted by atomic mass is 16.6. The van der Waals surface area contributed by atoms with E-state index in [0.717, 1.165) is 70.6 Å². The number of allylic oxidation sites excluding steroid dienone is 4. The van der Waals surface area contributed by atoms with Crippen LogP contribution in [0.15, 0.2) is 24.3 Å². The smallest absolute Gasteiger partial charge is 0.306 e. The minimum atomic E-state index is -1.13. The molecular weight excluding hydrogens is 654 g/mol. The summed E-state index contributed by atoms with van der Waals surface area (Å²) in [5.41, 5.74) is 0. The van der Waals surface area contributed by atoms with E-state index in [-0.39, 0.29) is 42.7 Å². The Hall–Kier alpha value is -2.19. The third-order valence-electron chi connectivity index (χ3n) is 9.57. The molecule has 8 heteroatoms. The molecule has 0 N–H and O–H groups in total. The van der Waals surface area contributed by atoms with Crippen LogP contribution in [0.2, 0.25) is 0 Å². The van der Waals surface area contributed by atoms with E-state index >= 15 is 0 Å². The van der Waals surface area contributed by atoms with Gasteiger partial charge in [-0.05, 0) is 38.5 Å². The average molecular weight is 736 g/mol. The van der Waals surface area contributed by atoms with Gasteiger partial charge < -0.3 is 28.6 Å². The van der Waals surface area contributed by atoms with Crippen LogP contribution in [-0.4, -0.2) is 75.5 Å². The highest BCUT2D eigenvalue weighted by molar-refractivity contribution is 5.70. The summed E-state index contributed by atoms with van der Waals surface area (Å²) in [5, 5.41) is 11.6. The van der Waals surface area contributed by atoms with Gasteiger partial charge in [0, 0.05) is 19.3 Å². The quantitative estimate of drug-likeness (QED) is 0.0269. The number of rotatable bonds is 38. The maximum Gasteiger partial charge on any atom is 0.306 e. The molecule has 0 bridgehead atoms. The molecule has 304 valence electrons. The summed E-state index contributed by atoms with van der Waals surface area (Å²) in [6, 6.07) is -0.725. The van der Waals surface area contributed by atoms with Gasteiger partial charge in [-0.1, -0.05) is 154 Å². The number of unbranched alkanes of at least 4 members (excludes halogenated alkanes) is 20. The number of quaternary nitrogens is 1. The van der Waals surface area contributed by atoms with Gasteiger partial charge in [0.25, 0.3) is 0 Å². The molecule has 0 spiro atoms. The fraction of sp³-hybridized carbons (Fsp3) is 0.841. The molecule has 2 atom stereocenters. The van der Waals surface area contributed by atoms with Crippen LogP contribution < -0.4 is 5.11 Å². The lowest BCUT2D eigenvalue weighted by Gasteiger charge is -2.34. The van der Waals surface area contributed by atoms with Crippen LogP contribution in [0.1, 0.15) is 187 Å². The van der Waals surface area contributed by atoms with E-state index in [2.05, 4.69) is 38.2 Å². The molecule has 0 saturated heterocycles. The number of hydrogen-bond acceptors (Lipinski definition) is 7. The molecule has 0 radical (unpaired) electrons. The summed E-state index contributed by atoms with van der Waals surface area (Å²) in [6.45, 7) is 4.59. The SMILES string of the molecule is CCC/C=C\C/C=C\CCCCCCCC(=O)OC(COCCC(C(=O)[O-])[N+](C)(C)C)COC(=O)CCCCCCCCCCCCCCCCC. The van der Waals surface area contributed by atoms with Crippen molar-refractivity contribution in [2.75, 3.05) is 41.0 Å². The fourth-order valence-corrected chi connectivity index (χ4v) is 6.23. The predicted octanol–water partition coefficient (Wildman–Crippen LogP) is 9.97. The maximum atomic E-state index is 12.7. The third kappa shape index (κ3) is 33.6. The number of carboxylic acid groups (broad SMARTS) is 1. The van der Waals surface area contributed by atoms with Gasteiger partial charge in [-0.3, -0.25) is 9.59 Å². The summed E-state index contributed by atoms with van der Waals surface area (Å²) in [7, 11) is 5.40. The molecule has 0 aromatic heterocycles. The Bertz CT molecular complexity index is 911. The Kier molecular flexibility index (Phi) is 34.3. The van der Waals surface area contributed by atoms with Crippen molar-refractivity contribution in [1.29, 1.82) is 0 Å². The molecular formula is C44H81NO7. The highest BCUT2D eigenvalue weighted by Crippen LogP contribution is 2.15. The Balaban J connectivity index is 4.35. The van der Waals surface area contributed by atoms with Crippen molar-refractivity contribution in [3.05, 3.63) is 24.3 Å². The van der Waals surface area contributed by atoms with E-state index in [4.69, 9.17) is 14.2 Å². The van der Waals surface area contributed by atoms with Crippen LogP contribution in [-0.2, 0) is 28.6 Å². The van der Waals surface area contributed by atoms with Gasteiger partial charge in [-0.25, -0.2) is 0 Å². The van der Waals surface area contributed by atoms with Crippen LogP contribution >= 0.6 is 0 Å². The predicted molar refractivity (Wildman–Crippen MR) is 213 cm³/mol. The summed E-state index contributed by atoms with van der Waals surface area (Å²) in [6.07, 6.45) is 37.7. The zero-order valence-electron chi connectivity index (χ0n) is 34.5. The molecule has 2 unspecified atom stereocenters. The standard InChI is InChI=1S/C44H81NO7/c1-6-8-10-12-14-16-18-20-21-23-24-26-28-30-32-34-42(46)51-39-40(38-50-37-36-41(44(48)49)45(3,4)5)52-43(47)35-33-31-29-27-25-22-19-17-15-13-11-9-7-2/h11,13,17,19,40-41H,6-10,12,14-16,18,20-39H2,1-5H3/b13-11-,19-17-. The maximum absolute atomic E-state index is 12.7. The lowest BCUT2D eigenvalue weighted by Crippen LogP contribution is -2.55. The van der Waals surface area contributed by atoms with Gasteiger partial charge in [-0.2, -0.15) is 0 Å². The fourth-order valence-electron chi connectivity index (χ4n) is 6.23. The second-order valence-electron chi connectivity index (χ2n) is 15.6. The summed E-state index contributed by atoms with van der Waals surface area (Å²) in [5.74, 6) is -1.75. The van der Waals surface area contributed by atoms with Crippen molar-refractivity contribution in [1.82, 2.24) is 0 Å². The van der Waals surface area contributed by atoms with Crippen LogP contribution in [0.3, 0.4) is 0 Å². The first kappa shape index (κ1) is 49.8. The number of carbonyl (C=O) groups is 3. The number of aliphatic carboxylic acids is 1. The zero-order chi connectivity index (χ0) is 38.5. The van der Waals surface area contributed by atoms with E-state index in [1.807, 2.05) is 0 Å². The van der Waals surface area contributed by atoms with Gasteiger partial charge in [0.15, 0.2) is 6.10 Å². The summed E-state index contributed by atoms with van der Waals surface area (Å²) in [4.78, 5) is 36.8. The Labute approximate surface area is 320 Å². The van der Waals surface area contributed by atoms with E-state index in [0.29, 0.717) is 12.8 Å². The molecule has 0 aliphatic carbocycles. The molecule has 0 amide bonds. The molecule has 0 aliphatic rings. The van der Waals surface area contributed by atoms with Gasteiger partial charge in [0.05, 0.1) is 40.3 Å². The van der Waals surface area contributed by atoms with Crippen molar-refractivity contribution < 1.29 is 38.2 Å². The molecule has 8 nitrogen and oxygen atoms in total. The molecule has 0 saturated carbocycles. The van der Waals surface area contributed by atoms with Crippen LogP contribution in [0.25, 0.3) is 0 Å². The summed E-state index contributed by atoms with van der Waals surface area (Å²) < 4.78 is 17.1. The van der Waals surface area contributed by atoms with Crippen molar-refractivity contribution in [3.63, 3.8) is 0 Å². The normalized spacial score (nSPS) is 13.2. The first-order valence-electron chi connectivity index (χ1n) is 21.4.